The Morgan fingerprint density at radius 2 is 1.92 bits per heavy atom. The Bertz CT molecular complexity index is 830. The van der Waals surface area contributed by atoms with Crippen LogP contribution in [-0.4, -0.2) is 50.1 Å². The maximum Gasteiger partial charge on any atom is 0.234 e. The second-order valence-electron chi connectivity index (χ2n) is 5.91. The first kappa shape index (κ1) is 16.6. The van der Waals surface area contributed by atoms with Gasteiger partial charge >= 0.3 is 0 Å². The van der Waals surface area contributed by atoms with Crippen LogP contribution in [0, 0.1) is 0 Å². The van der Waals surface area contributed by atoms with Crippen molar-refractivity contribution in [1.82, 2.24) is 15.2 Å². The first-order valence-corrected chi connectivity index (χ1v) is 9.55. The molecule has 1 saturated heterocycles. The summed E-state index contributed by atoms with van der Waals surface area (Å²) in [4.78, 5) is 17.9. The third-order valence-electron chi connectivity index (χ3n) is 3.94. The van der Waals surface area contributed by atoms with E-state index < -0.39 is 9.84 Å². The molecule has 0 aliphatic carbocycles. The minimum absolute atomic E-state index is 0.0630. The molecule has 1 aromatic carbocycles. The third-order valence-corrected chi connectivity index (χ3v) is 5.04. The van der Waals surface area contributed by atoms with Gasteiger partial charge in [0.25, 0.3) is 0 Å². The molecule has 6 nitrogen and oxygen atoms in total. The number of rotatable bonds is 4. The summed E-state index contributed by atoms with van der Waals surface area (Å²) in [5, 5.41) is 2.81. The number of pyridine rings is 1. The van der Waals surface area contributed by atoms with Gasteiger partial charge in [-0.3, -0.25) is 14.7 Å². The van der Waals surface area contributed by atoms with Gasteiger partial charge in [-0.05, 0) is 17.7 Å². The third kappa shape index (κ3) is 3.98. The van der Waals surface area contributed by atoms with E-state index in [1.807, 2.05) is 24.3 Å². The molecule has 1 aromatic heterocycles. The first-order valence-electron chi connectivity index (χ1n) is 7.66. The molecule has 126 valence electrons. The van der Waals surface area contributed by atoms with E-state index in [2.05, 4.69) is 15.2 Å². The molecule has 1 amide bonds. The number of benzene rings is 1. The van der Waals surface area contributed by atoms with Crippen LogP contribution in [0.4, 0.5) is 0 Å². The average Bonchev–Trinajstić information content (AvgIpc) is 2.55. The van der Waals surface area contributed by atoms with Crippen molar-refractivity contribution in [3.63, 3.8) is 0 Å². The highest BCUT2D eigenvalue weighted by molar-refractivity contribution is 7.90. The molecule has 3 rings (SSSR count). The predicted molar refractivity (Wildman–Crippen MR) is 91.1 cm³/mol. The van der Waals surface area contributed by atoms with E-state index in [4.69, 9.17) is 0 Å². The summed E-state index contributed by atoms with van der Waals surface area (Å²) in [5.41, 5.74) is 2.78. The van der Waals surface area contributed by atoms with E-state index in [0.29, 0.717) is 13.1 Å². The van der Waals surface area contributed by atoms with Crippen LogP contribution in [0.5, 0.6) is 0 Å². The van der Waals surface area contributed by atoms with Gasteiger partial charge in [-0.15, -0.1) is 0 Å². The Hall–Kier alpha value is -2.25. The van der Waals surface area contributed by atoms with Crippen LogP contribution < -0.4 is 5.32 Å². The van der Waals surface area contributed by atoms with Crippen molar-refractivity contribution >= 4 is 15.7 Å². The number of carbonyl (C=O) groups excluding carboxylic acids is 1. The van der Waals surface area contributed by atoms with Crippen molar-refractivity contribution in [2.45, 2.75) is 11.4 Å². The molecule has 0 radical (unpaired) electrons. The van der Waals surface area contributed by atoms with Crippen molar-refractivity contribution < 1.29 is 13.2 Å². The summed E-state index contributed by atoms with van der Waals surface area (Å²) in [5.74, 6) is 0.0630. The van der Waals surface area contributed by atoms with Crippen molar-refractivity contribution in [2.24, 2.45) is 0 Å². The van der Waals surface area contributed by atoms with Gasteiger partial charge in [-0.2, -0.15) is 0 Å². The first-order chi connectivity index (χ1) is 11.4. The van der Waals surface area contributed by atoms with Crippen LogP contribution >= 0.6 is 0 Å². The Morgan fingerprint density at radius 1 is 1.17 bits per heavy atom. The smallest absolute Gasteiger partial charge is 0.234 e. The Morgan fingerprint density at radius 3 is 2.50 bits per heavy atom. The lowest BCUT2D eigenvalue weighted by Gasteiger charge is -2.26. The number of amides is 1. The Labute approximate surface area is 141 Å². The van der Waals surface area contributed by atoms with E-state index >= 15 is 0 Å². The highest BCUT2D eigenvalue weighted by Gasteiger charge is 2.16. The lowest BCUT2D eigenvalue weighted by Crippen LogP contribution is -2.47. The molecule has 1 fully saturated rings. The number of hydrogen-bond acceptors (Lipinski definition) is 5. The van der Waals surface area contributed by atoms with Crippen molar-refractivity contribution in [1.29, 1.82) is 0 Å². The predicted octanol–water partition coefficient (Wildman–Crippen LogP) is 1.08. The monoisotopic (exact) mass is 345 g/mol. The van der Waals surface area contributed by atoms with E-state index in [-0.39, 0.29) is 10.8 Å². The molecule has 2 aromatic rings. The van der Waals surface area contributed by atoms with Crippen molar-refractivity contribution in [3.8, 4) is 11.3 Å². The molecule has 0 saturated carbocycles. The molecule has 2 heterocycles. The van der Waals surface area contributed by atoms with Gasteiger partial charge in [-0.1, -0.05) is 24.3 Å². The highest BCUT2D eigenvalue weighted by Crippen LogP contribution is 2.20. The molecule has 0 atom stereocenters. The minimum atomic E-state index is -3.23. The maximum atomic E-state index is 11.5. The van der Waals surface area contributed by atoms with Crippen molar-refractivity contribution in [2.75, 3.05) is 25.9 Å². The summed E-state index contributed by atoms with van der Waals surface area (Å²) in [6.45, 7) is 2.69. The second-order valence-corrected chi connectivity index (χ2v) is 7.92. The van der Waals surface area contributed by atoms with Crippen LogP contribution in [0.3, 0.4) is 0 Å². The number of aromatic nitrogens is 1. The highest BCUT2D eigenvalue weighted by atomic mass is 32.2. The standard InChI is InChI=1S/C17H19N3O3S/c1-24(22,23)15-6-7-16(19-10-15)14-4-2-13(3-5-14)11-20-9-8-18-17(21)12-20/h2-7,10H,8-9,11-12H2,1H3,(H,18,21). The lowest BCUT2D eigenvalue weighted by atomic mass is 10.1. The fraction of sp³-hybridized carbons (Fsp3) is 0.294. The summed E-state index contributed by atoms with van der Waals surface area (Å²) < 4.78 is 22.9. The molecule has 24 heavy (non-hydrogen) atoms. The molecular formula is C17H19N3O3S. The molecule has 1 aliphatic rings. The molecule has 0 unspecified atom stereocenters. The molecule has 0 spiro atoms. The second kappa shape index (κ2) is 6.70. The fourth-order valence-electron chi connectivity index (χ4n) is 2.64. The van der Waals surface area contributed by atoms with E-state index in [0.717, 1.165) is 29.9 Å². The number of nitrogens with one attached hydrogen (secondary N) is 1. The van der Waals surface area contributed by atoms with Gasteiger partial charge in [0.1, 0.15) is 0 Å². The van der Waals surface area contributed by atoms with Crippen LogP contribution in [0.2, 0.25) is 0 Å². The van der Waals surface area contributed by atoms with Gasteiger partial charge in [0.15, 0.2) is 9.84 Å². The summed E-state index contributed by atoms with van der Waals surface area (Å²) >= 11 is 0. The Balaban J connectivity index is 1.71. The number of piperazine rings is 1. The zero-order valence-electron chi connectivity index (χ0n) is 13.4. The Kier molecular flexibility index (Phi) is 4.64. The van der Waals surface area contributed by atoms with Gasteiger partial charge in [-0.25, -0.2) is 8.42 Å². The molecule has 1 N–H and O–H groups in total. The SMILES string of the molecule is CS(=O)(=O)c1ccc(-c2ccc(CN3CCNC(=O)C3)cc2)nc1. The van der Waals surface area contributed by atoms with Crippen LogP contribution in [0.1, 0.15) is 5.56 Å². The number of nitrogens with zero attached hydrogens (tertiary/aromatic N) is 2. The molecule has 0 bridgehead atoms. The average molecular weight is 345 g/mol. The normalized spacial score (nSPS) is 16.0. The number of hydrogen-bond donors (Lipinski definition) is 1. The van der Waals surface area contributed by atoms with E-state index in [1.165, 1.54) is 12.5 Å². The molecular weight excluding hydrogens is 326 g/mol. The fourth-order valence-corrected chi connectivity index (χ4v) is 3.20. The lowest BCUT2D eigenvalue weighted by molar-refractivity contribution is -0.124. The maximum absolute atomic E-state index is 11.5. The van der Waals surface area contributed by atoms with Crippen LogP contribution in [-0.2, 0) is 21.2 Å². The zero-order chi connectivity index (χ0) is 17.2. The van der Waals surface area contributed by atoms with Crippen molar-refractivity contribution in [3.05, 3.63) is 48.2 Å². The summed E-state index contributed by atoms with van der Waals surface area (Å²) in [7, 11) is -3.23. The van der Waals surface area contributed by atoms with Crippen LogP contribution in [0.25, 0.3) is 11.3 Å². The summed E-state index contributed by atoms with van der Waals surface area (Å²) in [6.07, 6.45) is 2.55. The number of carbonyl (C=O) groups is 1. The minimum Gasteiger partial charge on any atom is -0.354 e. The van der Waals surface area contributed by atoms with Gasteiger partial charge in [0.2, 0.25) is 5.91 Å². The number of sulfone groups is 1. The van der Waals surface area contributed by atoms with E-state index in [9.17, 15) is 13.2 Å². The quantitative estimate of drug-likeness (QED) is 0.897. The van der Waals surface area contributed by atoms with Gasteiger partial charge in [0, 0.05) is 37.7 Å². The summed E-state index contributed by atoms with van der Waals surface area (Å²) in [6, 6.07) is 11.2. The molecule has 1 aliphatic heterocycles. The topological polar surface area (TPSA) is 79.4 Å². The van der Waals surface area contributed by atoms with Gasteiger partial charge in [0.05, 0.1) is 17.1 Å². The van der Waals surface area contributed by atoms with E-state index in [1.54, 1.807) is 12.1 Å². The van der Waals surface area contributed by atoms with Crippen LogP contribution in [0.15, 0.2) is 47.5 Å². The zero-order valence-corrected chi connectivity index (χ0v) is 14.2. The largest absolute Gasteiger partial charge is 0.354 e. The molecule has 7 heteroatoms. The van der Waals surface area contributed by atoms with Gasteiger partial charge < -0.3 is 5.32 Å².